The van der Waals surface area contributed by atoms with E-state index < -0.39 is 0 Å². The Balaban J connectivity index is 2.02. The lowest BCUT2D eigenvalue weighted by Crippen LogP contribution is -2.07. The van der Waals surface area contributed by atoms with Crippen LogP contribution in [0.3, 0.4) is 0 Å². The Bertz CT molecular complexity index is 735. The largest absolute Gasteiger partial charge is 0.506 e. The third-order valence-electron chi connectivity index (χ3n) is 3.64. The van der Waals surface area contributed by atoms with Gasteiger partial charge in [0.05, 0.1) is 0 Å². The SMILES string of the molecule is N#Cc1cc2c(nc1Oc1cccc(O)c1N)CCCC2. The predicted octanol–water partition coefficient (Wildman–Crippen LogP) is 2.91. The topological polar surface area (TPSA) is 92.2 Å². The highest BCUT2D eigenvalue weighted by atomic mass is 16.5. The van der Waals surface area contributed by atoms with Crippen LogP contribution in [0.1, 0.15) is 29.7 Å². The number of para-hydroxylation sites is 1. The van der Waals surface area contributed by atoms with Gasteiger partial charge in [-0.2, -0.15) is 5.26 Å². The Morgan fingerprint density at radius 1 is 1.29 bits per heavy atom. The van der Waals surface area contributed by atoms with Crippen molar-refractivity contribution in [3.8, 4) is 23.4 Å². The number of rotatable bonds is 2. The third kappa shape index (κ3) is 2.48. The number of aryl methyl sites for hydroxylation is 2. The highest BCUT2D eigenvalue weighted by Crippen LogP contribution is 2.35. The van der Waals surface area contributed by atoms with Crippen molar-refractivity contribution in [1.82, 2.24) is 4.98 Å². The molecule has 1 aliphatic carbocycles. The average Bonchev–Trinajstić information content (AvgIpc) is 2.51. The second-order valence-corrected chi connectivity index (χ2v) is 5.06. The normalized spacial score (nSPS) is 13.3. The number of fused-ring (bicyclic) bond motifs is 1. The predicted molar refractivity (Wildman–Crippen MR) is 78.2 cm³/mol. The summed E-state index contributed by atoms with van der Waals surface area (Å²) in [5.74, 6) is 0.495. The summed E-state index contributed by atoms with van der Waals surface area (Å²) in [6.07, 6.45) is 4.07. The number of nitrogens with zero attached hydrogens (tertiary/aromatic N) is 2. The summed E-state index contributed by atoms with van der Waals surface area (Å²) in [5.41, 5.74) is 8.40. The van der Waals surface area contributed by atoms with Crippen LogP contribution in [0.2, 0.25) is 0 Å². The molecule has 0 saturated carbocycles. The summed E-state index contributed by atoms with van der Waals surface area (Å²) in [4.78, 5) is 4.47. The Morgan fingerprint density at radius 2 is 2.10 bits per heavy atom. The van der Waals surface area contributed by atoms with Gasteiger partial charge in [-0.3, -0.25) is 0 Å². The number of pyridine rings is 1. The highest BCUT2D eigenvalue weighted by Gasteiger charge is 2.17. The van der Waals surface area contributed by atoms with Crippen LogP contribution in [0.25, 0.3) is 0 Å². The van der Waals surface area contributed by atoms with E-state index in [1.54, 1.807) is 12.1 Å². The average molecular weight is 281 g/mol. The first kappa shape index (κ1) is 13.3. The molecule has 1 aliphatic rings. The minimum atomic E-state index is -0.0519. The number of phenolic OH excluding ortho intramolecular Hbond substituents is 1. The van der Waals surface area contributed by atoms with Crippen molar-refractivity contribution in [1.29, 1.82) is 5.26 Å². The Morgan fingerprint density at radius 3 is 2.90 bits per heavy atom. The third-order valence-corrected chi connectivity index (χ3v) is 3.64. The summed E-state index contributed by atoms with van der Waals surface area (Å²) in [6.45, 7) is 0. The van der Waals surface area contributed by atoms with E-state index in [9.17, 15) is 10.4 Å². The standard InChI is InChI=1S/C16H15N3O2/c17-9-11-8-10-4-1-2-5-12(10)19-16(11)21-14-7-3-6-13(20)15(14)18/h3,6-8,20H,1-2,4-5,18H2. The molecule has 0 amide bonds. The molecule has 106 valence electrons. The molecule has 2 aromatic rings. The zero-order valence-electron chi connectivity index (χ0n) is 11.5. The van der Waals surface area contributed by atoms with Crippen molar-refractivity contribution in [3.05, 3.63) is 41.1 Å². The molecule has 3 rings (SSSR count). The van der Waals surface area contributed by atoms with Gasteiger partial charge >= 0.3 is 0 Å². The summed E-state index contributed by atoms with van der Waals surface area (Å²) >= 11 is 0. The molecule has 3 N–H and O–H groups in total. The van der Waals surface area contributed by atoms with Gasteiger partial charge in [0, 0.05) is 5.69 Å². The smallest absolute Gasteiger partial charge is 0.237 e. The molecule has 0 unspecified atom stereocenters. The maximum Gasteiger partial charge on any atom is 0.237 e. The summed E-state index contributed by atoms with van der Waals surface area (Å²) < 4.78 is 5.66. The quantitative estimate of drug-likeness (QED) is 0.652. The number of phenols is 1. The van der Waals surface area contributed by atoms with Gasteiger partial charge in [0.2, 0.25) is 5.88 Å². The fourth-order valence-electron chi connectivity index (χ4n) is 2.50. The van der Waals surface area contributed by atoms with Crippen LogP contribution in [-0.4, -0.2) is 10.1 Å². The Labute approximate surface area is 122 Å². The second-order valence-electron chi connectivity index (χ2n) is 5.06. The molecule has 0 atom stereocenters. The number of nitrogen functional groups attached to an aromatic ring is 1. The van der Waals surface area contributed by atoms with Gasteiger partial charge in [0.1, 0.15) is 23.1 Å². The summed E-state index contributed by atoms with van der Waals surface area (Å²) in [5, 5.41) is 18.9. The maximum atomic E-state index is 9.61. The van der Waals surface area contributed by atoms with E-state index >= 15 is 0 Å². The van der Waals surface area contributed by atoms with Crippen molar-refractivity contribution >= 4 is 5.69 Å². The number of anilines is 1. The number of nitrogens with two attached hydrogens (primary N) is 1. The number of nitriles is 1. The van der Waals surface area contributed by atoms with Gasteiger partial charge in [-0.05, 0) is 49.4 Å². The number of aromatic hydroxyl groups is 1. The van der Waals surface area contributed by atoms with Crippen LogP contribution in [-0.2, 0) is 12.8 Å². The van der Waals surface area contributed by atoms with Crippen LogP contribution < -0.4 is 10.5 Å². The van der Waals surface area contributed by atoms with Crippen LogP contribution in [0.4, 0.5) is 5.69 Å². The van der Waals surface area contributed by atoms with E-state index in [1.165, 1.54) is 6.07 Å². The molecule has 5 nitrogen and oxygen atoms in total. The van der Waals surface area contributed by atoms with E-state index in [1.807, 2.05) is 6.07 Å². The van der Waals surface area contributed by atoms with Gasteiger partial charge in [-0.15, -0.1) is 0 Å². The first-order valence-corrected chi connectivity index (χ1v) is 6.87. The molecule has 5 heteroatoms. The fourth-order valence-corrected chi connectivity index (χ4v) is 2.50. The zero-order chi connectivity index (χ0) is 14.8. The molecule has 0 fully saturated rings. The Hall–Kier alpha value is -2.74. The zero-order valence-corrected chi connectivity index (χ0v) is 11.5. The van der Waals surface area contributed by atoms with E-state index in [4.69, 9.17) is 10.5 Å². The second kappa shape index (κ2) is 5.33. The Kier molecular flexibility index (Phi) is 3.36. The lowest BCUT2D eigenvalue weighted by atomic mass is 9.95. The minimum Gasteiger partial charge on any atom is -0.506 e. The molecule has 0 bridgehead atoms. The van der Waals surface area contributed by atoms with Gasteiger partial charge < -0.3 is 15.6 Å². The van der Waals surface area contributed by atoms with Gasteiger partial charge in [0.25, 0.3) is 0 Å². The van der Waals surface area contributed by atoms with Crippen LogP contribution in [0.5, 0.6) is 17.4 Å². The fraction of sp³-hybridized carbons (Fsp3) is 0.250. The van der Waals surface area contributed by atoms with E-state index in [-0.39, 0.29) is 17.3 Å². The molecule has 0 spiro atoms. The van der Waals surface area contributed by atoms with Crippen molar-refractivity contribution in [2.75, 3.05) is 5.73 Å². The number of hydrogen-bond donors (Lipinski definition) is 2. The molecular weight excluding hydrogens is 266 g/mol. The molecular formula is C16H15N3O2. The number of aromatic nitrogens is 1. The highest BCUT2D eigenvalue weighted by molar-refractivity contribution is 5.63. The van der Waals surface area contributed by atoms with E-state index in [0.29, 0.717) is 11.3 Å². The van der Waals surface area contributed by atoms with Crippen molar-refractivity contribution in [2.24, 2.45) is 0 Å². The molecule has 1 heterocycles. The van der Waals surface area contributed by atoms with Gasteiger partial charge in [-0.25, -0.2) is 4.98 Å². The molecule has 0 radical (unpaired) electrons. The molecule has 21 heavy (non-hydrogen) atoms. The molecule has 0 aliphatic heterocycles. The number of ether oxygens (including phenoxy) is 1. The molecule has 0 saturated heterocycles. The minimum absolute atomic E-state index is 0.0519. The number of hydrogen-bond acceptors (Lipinski definition) is 5. The van der Waals surface area contributed by atoms with Crippen molar-refractivity contribution in [3.63, 3.8) is 0 Å². The van der Waals surface area contributed by atoms with Crippen LogP contribution >= 0.6 is 0 Å². The van der Waals surface area contributed by atoms with Crippen LogP contribution in [0.15, 0.2) is 24.3 Å². The molecule has 1 aromatic carbocycles. The monoisotopic (exact) mass is 281 g/mol. The first-order valence-electron chi connectivity index (χ1n) is 6.87. The lowest BCUT2D eigenvalue weighted by Gasteiger charge is -2.17. The first-order chi connectivity index (χ1) is 10.2. The van der Waals surface area contributed by atoms with Crippen molar-refractivity contribution in [2.45, 2.75) is 25.7 Å². The number of benzene rings is 1. The van der Waals surface area contributed by atoms with Crippen LogP contribution in [0, 0.1) is 11.3 Å². The van der Waals surface area contributed by atoms with E-state index in [2.05, 4.69) is 11.1 Å². The lowest BCUT2D eigenvalue weighted by molar-refractivity contribution is 0.445. The van der Waals surface area contributed by atoms with E-state index in [0.717, 1.165) is 36.9 Å². The summed E-state index contributed by atoms with van der Waals surface area (Å²) in [7, 11) is 0. The van der Waals surface area contributed by atoms with Gasteiger partial charge in [-0.1, -0.05) is 6.07 Å². The summed E-state index contributed by atoms with van der Waals surface area (Å²) in [6, 6.07) is 8.70. The maximum absolute atomic E-state index is 9.61. The van der Waals surface area contributed by atoms with Gasteiger partial charge in [0.15, 0.2) is 5.75 Å². The van der Waals surface area contributed by atoms with Crippen molar-refractivity contribution < 1.29 is 9.84 Å². The molecule has 1 aromatic heterocycles.